The van der Waals surface area contributed by atoms with E-state index in [0.29, 0.717) is 18.1 Å². The van der Waals surface area contributed by atoms with Gasteiger partial charge in [0.2, 0.25) is 5.91 Å². The summed E-state index contributed by atoms with van der Waals surface area (Å²) < 4.78 is 2.00. The van der Waals surface area contributed by atoms with E-state index in [1.807, 2.05) is 41.0 Å². The Hall–Kier alpha value is -3.11. The van der Waals surface area contributed by atoms with Crippen LogP contribution in [0.4, 0.5) is 0 Å². The summed E-state index contributed by atoms with van der Waals surface area (Å²) in [6.45, 7) is 4.58. The van der Waals surface area contributed by atoms with Crippen molar-refractivity contribution >= 4 is 17.7 Å². The first kappa shape index (κ1) is 20.6. The third-order valence-electron chi connectivity index (χ3n) is 4.72. The molecule has 1 heterocycles. The largest absolute Gasteiger partial charge is 0.344 e. The van der Waals surface area contributed by atoms with Crippen molar-refractivity contribution in [3.05, 3.63) is 59.7 Å². The Balaban J connectivity index is 1.93. The second-order valence-corrected chi connectivity index (χ2v) is 7.73. The van der Waals surface area contributed by atoms with E-state index in [9.17, 15) is 4.79 Å². The first-order chi connectivity index (χ1) is 14.0. The van der Waals surface area contributed by atoms with E-state index in [2.05, 4.69) is 42.2 Å². The summed E-state index contributed by atoms with van der Waals surface area (Å²) in [6.07, 6.45) is 0.323. The van der Waals surface area contributed by atoms with Crippen molar-refractivity contribution < 1.29 is 4.79 Å². The van der Waals surface area contributed by atoms with Crippen molar-refractivity contribution in [2.45, 2.75) is 25.4 Å². The molecule has 0 radical (unpaired) electrons. The molecule has 0 aliphatic rings. The van der Waals surface area contributed by atoms with Crippen molar-refractivity contribution in [2.75, 3.05) is 19.3 Å². The van der Waals surface area contributed by atoms with Crippen molar-refractivity contribution in [1.29, 1.82) is 5.26 Å². The number of rotatable bonds is 7. The minimum atomic E-state index is -0.0406. The summed E-state index contributed by atoms with van der Waals surface area (Å²) in [6, 6.07) is 18.2. The summed E-state index contributed by atoms with van der Waals surface area (Å²) in [4.78, 5) is 14.0. The predicted molar refractivity (Wildman–Crippen MR) is 115 cm³/mol. The molecular formula is C22H23N5OS. The molecule has 7 heteroatoms. The molecule has 0 bridgehead atoms. The summed E-state index contributed by atoms with van der Waals surface area (Å²) in [5.41, 5.74) is 4.32. The molecular weight excluding hydrogens is 382 g/mol. The fourth-order valence-corrected chi connectivity index (χ4v) is 3.71. The number of nitrogens with zero attached hydrogens (tertiary/aromatic N) is 5. The number of nitriles is 1. The normalized spacial score (nSPS) is 10.6. The van der Waals surface area contributed by atoms with Crippen molar-refractivity contribution in [3.63, 3.8) is 0 Å². The number of hydrogen-bond acceptors (Lipinski definition) is 5. The van der Waals surface area contributed by atoms with Crippen molar-refractivity contribution in [2.24, 2.45) is 0 Å². The fourth-order valence-electron chi connectivity index (χ4n) is 2.81. The highest BCUT2D eigenvalue weighted by molar-refractivity contribution is 7.99. The molecule has 1 aromatic heterocycles. The number of hydrogen-bond donors (Lipinski definition) is 0. The van der Waals surface area contributed by atoms with Gasteiger partial charge in [-0.25, -0.2) is 0 Å². The maximum Gasteiger partial charge on any atom is 0.232 e. The molecule has 0 atom stereocenters. The number of thioether (sulfide) groups is 1. The Morgan fingerprint density at radius 2 is 1.90 bits per heavy atom. The van der Waals surface area contributed by atoms with Crippen LogP contribution in [0.3, 0.4) is 0 Å². The highest BCUT2D eigenvalue weighted by Crippen LogP contribution is 2.29. The Morgan fingerprint density at radius 1 is 1.14 bits per heavy atom. The number of amides is 1. The third kappa shape index (κ3) is 4.84. The molecule has 0 saturated heterocycles. The molecule has 3 rings (SSSR count). The lowest BCUT2D eigenvalue weighted by molar-refractivity contribution is -0.127. The molecule has 148 valence electrons. The van der Waals surface area contributed by atoms with Gasteiger partial charge in [-0.2, -0.15) is 5.26 Å². The molecule has 0 aliphatic carbocycles. The Bertz CT molecular complexity index is 1040. The van der Waals surface area contributed by atoms with Gasteiger partial charge in [0.25, 0.3) is 0 Å². The van der Waals surface area contributed by atoms with Crippen molar-refractivity contribution in [3.8, 4) is 23.1 Å². The minimum Gasteiger partial charge on any atom is -0.344 e. The van der Waals surface area contributed by atoms with Crippen LogP contribution in [0.5, 0.6) is 0 Å². The molecule has 2 aromatic carbocycles. The highest BCUT2D eigenvalue weighted by Gasteiger charge is 2.18. The maximum atomic E-state index is 12.4. The van der Waals surface area contributed by atoms with E-state index >= 15 is 0 Å². The van der Waals surface area contributed by atoms with Gasteiger partial charge in [0.1, 0.15) is 0 Å². The number of carbonyl (C=O) groups is 1. The van der Waals surface area contributed by atoms with Crippen LogP contribution >= 0.6 is 11.8 Å². The van der Waals surface area contributed by atoms with Crippen LogP contribution < -0.4 is 0 Å². The second-order valence-electron chi connectivity index (χ2n) is 6.79. The lowest BCUT2D eigenvalue weighted by atomic mass is 10.1. The molecule has 0 unspecified atom stereocenters. The van der Waals surface area contributed by atoms with Gasteiger partial charge in [0.15, 0.2) is 11.0 Å². The molecule has 0 aliphatic heterocycles. The number of benzene rings is 2. The van der Waals surface area contributed by atoms with Gasteiger partial charge in [-0.15, -0.1) is 10.2 Å². The minimum absolute atomic E-state index is 0.0406. The standard InChI is InChI=1S/C22H23N5OS/c1-16-10-11-19(14-17(16)2)27-21(18-8-5-4-6-9-18)24-25-22(27)29-15-20(28)26(3)13-7-12-23/h4-6,8-11,14H,7,13,15H2,1-3H3. The van der Waals surface area contributed by atoms with Gasteiger partial charge in [-0.1, -0.05) is 48.2 Å². The van der Waals surface area contributed by atoms with Gasteiger partial charge >= 0.3 is 0 Å². The van der Waals surface area contributed by atoms with Gasteiger partial charge < -0.3 is 4.90 Å². The van der Waals surface area contributed by atoms with Gasteiger partial charge in [-0.3, -0.25) is 9.36 Å². The number of aromatic nitrogens is 3. The van der Waals surface area contributed by atoms with E-state index in [1.165, 1.54) is 22.9 Å². The average Bonchev–Trinajstić information content (AvgIpc) is 3.16. The number of carbonyl (C=O) groups excluding carboxylic acids is 1. The van der Waals surface area contributed by atoms with Crippen LogP contribution in [0.2, 0.25) is 0 Å². The lowest BCUT2D eigenvalue weighted by Gasteiger charge is -2.15. The van der Waals surface area contributed by atoms with E-state index in [1.54, 1.807) is 11.9 Å². The second kappa shape index (κ2) is 9.39. The van der Waals surface area contributed by atoms with E-state index in [-0.39, 0.29) is 11.7 Å². The number of aryl methyl sites for hydroxylation is 2. The molecule has 0 N–H and O–H groups in total. The van der Waals surface area contributed by atoms with Crippen LogP contribution in [-0.2, 0) is 4.79 Å². The summed E-state index contributed by atoms with van der Waals surface area (Å²) in [5, 5.41) is 18.1. The molecule has 6 nitrogen and oxygen atoms in total. The molecule has 0 fully saturated rings. The third-order valence-corrected chi connectivity index (χ3v) is 5.64. The molecule has 3 aromatic rings. The summed E-state index contributed by atoms with van der Waals surface area (Å²) >= 11 is 1.35. The molecule has 0 spiro atoms. The van der Waals surface area contributed by atoms with Crippen LogP contribution in [-0.4, -0.2) is 44.9 Å². The van der Waals surface area contributed by atoms with Crippen LogP contribution in [0.15, 0.2) is 53.7 Å². The van der Waals surface area contributed by atoms with E-state index < -0.39 is 0 Å². The maximum absolute atomic E-state index is 12.4. The fraction of sp³-hybridized carbons (Fsp3) is 0.273. The SMILES string of the molecule is Cc1ccc(-n2c(SCC(=O)N(C)CCC#N)nnc2-c2ccccc2)cc1C. The zero-order chi connectivity index (χ0) is 20.8. The van der Waals surface area contributed by atoms with Gasteiger partial charge in [0, 0.05) is 19.2 Å². The van der Waals surface area contributed by atoms with E-state index in [4.69, 9.17) is 5.26 Å². The lowest BCUT2D eigenvalue weighted by Crippen LogP contribution is -2.29. The Kier molecular flexibility index (Phi) is 6.68. The van der Waals surface area contributed by atoms with Crippen LogP contribution in [0.25, 0.3) is 17.1 Å². The zero-order valence-corrected chi connectivity index (χ0v) is 17.6. The summed E-state index contributed by atoms with van der Waals surface area (Å²) in [5.74, 6) is 0.933. The molecule has 29 heavy (non-hydrogen) atoms. The topological polar surface area (TPSA) is 74.8 Å². The van der Waals surface area contributed by atoms with Crippen LogP contribution in [0.1, 0.15) is 17.5 Å². The quantitative estimate of drug-likeness (QED) is 0.555. The smallest absolute Gasteiger partial charge is 0.232 e. The van der Waals surface area contributed by atoms with Gasteiger partial charge in [-0.05, 0) is 37.1 Å². The van der Waals surface area contributed by atoms with E-state index in [0.717, 1.165) is 17.1 Å². The molecule has 1 amide bonds. The van der Waals surface area contributed by atoms with Gasteiger partial charge in [0.05, 0.1) is 23.9 Å². The highest BCUT2D eigenvalue weighted by atomic mass is 32.2. The monoisotopic (exact) mass is 405 g/mol. The Labute approximate surface area is 175 Å². The zero-order valence-electron chi connectivity index (χ0n) is 16.8. The Morgan fingerprint density at radius 3 is 2.59 bits per heavy atom. The summed E-state index contributed by atoms with van der Waals surface area (Å²) in [7, 11) is 1.71. The van der Waals surface area contributed by atoms with Crippen molar-refractivity contribution in [1.82, 2.24) is 19.7 Å². The first-order valence-corrected chi connectivity index (χ1v) is 10.3. The molecule has 0 saturated carbocycles. The predicted octanol–water partition coefficient (Wildman–Crippen LogP) is 4.02. The van der Waals surface area contributed by atoms with Crippen LogP contribution in [0, 0.1) is 25.2 Å². The first-order valence-electron chi connectivity index (χ1n) is 9.33. The average molecular weight is 406 g/mol.